The van der Waals surface area contributed by atoms with E-state index < -0.39 is 18.1 Å². The third-order valence-corrected chi connectivity index (χ3v) is 5.34. The average Bonchev–Trinajstić information content (AvgIpc) is 3.14. The fourth-order valence-electron chi connectivity index (χ4n) is 3.79. The Hall–Kier alpha value is -2.55. The fraction of sp³-hybridized carbons (Fsp3) is 0.421. The van der Waals surface area contributed by atoms with Gasteiger partial charge < -0.3 is 0 Å². The molecule has 1 aliphatic rings. The molecule has 1 aromatic carbocycles. The van der Waals surface area contributed by atoms with Crippen molar-refractivity contribution >= 4 is 5.78 Å². The summed E-state index contributed by atoms with van der Waals surface area (Å²) in [6.07, 6.45) is -0.553. The number of rotatable bonds is 4. The Morgan fingerprint density at radius 3 is 2.75 bits per heavy atom. The largest absolute Gasteiger partial charge is 0.298 e. The van der Waals surface area contributed by atoms with Gasteiger partial charge >= 0.3 is 0 Å². The van der Waals surface area contributed by atoms with Crippen molar-refractivity contribution < 1.29 is 17.6 Å². The number of piperidine rings is 1. The Balaban J connectivity index is 1.63. The van der Waals surface area contributed by atoms with Crippen LogP contribution in [0.2, 0.25) is 0 Å². The van der Waals surface area contributed by atoms with E-state index in [-0.39, 0.29) is 23.3 Å². The second kappa shape index (κ2) is 7.46. The van der Waals surface area contributed by atoms with Crippen molar-refractivity contribution in [2.24, 2.45) is 5.92 Å². The van der Waals surface area contributed by atoms with Crippen molar-refractivity contribution in [1.29, 1.82) is 0 Å². The minimum absolute atomic E-state index is 0.0660. The minimum Gasteiger partial charge on any atom is -0.298 e. The molecular weight excluding hydrogens is 374 g/mol. The molecule has 0 amide bonds. The summed E-state index contributed by atoms with van der Waals surface area (Å²) in [5, 5.41) is 4.15. The molecule has 1 saturated heterocycles. The summed E-state index contributed by atoms with van der Waals surface area (Å²) in [7, 11) is 0. The first-order chi connectivity index (χ1) is 13.4. The van der Waals surface area contributed by atoms with Crippen molar-refractivity contribution in [2.75, 3.05) is 13.1 Å². The molecule has 1 aliphatic heterocycles. The lowest BCUT2D eigenvalue weighted by Crippen LogP contribution is -2.38. The number of fused-ring (bicyclic) bond motifs is 1. The van der Waals surface area contributed by atoms with Gasteiger partial charge in [0.2, 0.25) is 0 Å². The number of alkyl halides is 2. The molecule has 0 N–H and O–H groups in total. The van der Waals surface area contributed by atoms with Crippen LogP contribution in [0.25, 0.3) is 5.78 Å². The molecule has 0 saturated carbocycles. The smallest absolute Gasteiger partial charge is 0.280 e. The van der Waals surface area contributed by atoms with Gasteiger partial charge in [-0.25, -0.2) is 27.1 Å². The maximum absolute atomic E-state index is 13.5. The van der Waals surface area contributed by atoms with Crippen LogP contribution in [0, 0.1) is 17.6 Å². The second-order valence-corrected chi connectivity index (χ2v) is 7.23. The Morgan fingerprint density at radius 1 is 1.18 bits per heavy atom. The first-order valence-corrected chi connectivity index (χ1v) is 9.07. The zero-order valence-corrected chi connectivity index (χ0v) is 15.2. The van der Waals surface area contributed by atoms with Gasteiger partial charge in [-0.1, -0.05) is 13.0 Å². The molecule has 0 aliphatic carbocycles. The molecule has 0 radical (unpaired) electrons. The van der Waals surface area contributed by atoms with E-state index in [1.807, 2.05) is 0 Å². The predicted octanol–water partition coefficient (Wildman–Crippen LogP) is 3.97. The first kappa shape index (κ1) is 18.8. The summed E-state index contributed by atoms with van der Waals surface area (Å²) in [6, 6.07) is 5.27. The molecule has 2 atom stereocenters. The zero-order valence-electron chi connectivity index (χ0n) is 15.2. The van der Waals surface area contributed by atoms with E-state index in [1.165, 1.54) is 23.0 Å². The van der Waals surface area contributed by atoms with Gasteiger partial charge in [0.1, 0.15) is 12.0 Å². The number of nitrogens with zero attached hydrogens (tertiary/aromatic N) is 5. The number of hydrogen-bond donors (Lipinski definition) is 0. The Labute approximate surface area is 159 Å². The number of aromatic nitrogens is 4. The number of halogens is 4. The molecule has 0 spiro atoms. The molecule has 4 rings (SSSR count). The van der Waals surface area contributed by atoms with Gasteiger partial charge in [-0.15, -0.1) is 0 Å². The third-order valence-electron chi connectivity index (χ3n) is 5.34. The van der Waals surface area contributed by atoms with Gasteiger partial charge in [0.15, 0.2) is 11.6 Å². The van der Waals surface area contributed by atoms with E-state index in [2.05, 4.69) is 26.9 Å². The van der Waals surface area contributed by atoms with E-state index in [0.29, 0.717) is 24.3 Å². The molecule has 0 bridgehead atoms. The lowest BCUT2D eigenvalue weighted by molar-refractivity contribution is 0.143. The molecule has 1 fully saturated rings. The maximum Gasteiger partial charge on any atom is 0.280 e. The number of hydrogen-bond acceptors (Lipinski definition) is 4. The Morgan fingerprint density at radius 2 is 2.00 bits per heavy atom. The minimum atomic E-state index is -2.70. The Bertz CT molecular complexity index is 990. The summed E-state index contributed by atoms with van der Waals surface area (Å²) >= 11 is 0. The van der Waals surface area contributed by atoms with Crippen LogP contribution in [0.15, 0.2) is 30.6 Å². The van der Waals surface area contributed by atoms with Crippen LogP contribution < -0.4 is 0 Å². The van der Waals surface area contributed by atoms with Crippen LogP contribution in [0.1, 0.15) is 42.6 Å². The summed E-state index contributed by atoms with van der Waals surface area (Å²) in [5.41, 5.74) is 0.988. The summed E-state index contributed by atoms with van der Waals surface area (Å²) < 4.78 is 54.7. The van der Waals surface area contributed by atoms with Gasteiger partial charge in [0.05, 0.1) is 5.69 Å². The van der Waals surface area contributed by atoms with Crippen molar-refractivity contribution in [3.8, 4) is 0 Å². The average molecular weight is 393 g/mol. The van der Waals surface area contributed by atoms with Gasteiger partial charge in [-0.3, -0.25) is 4.90 Å². The standard InChI is InChI=1S/C19H19F4N5/c1-11-4-5-27(8-12-2-3-14(20)15(21)6-12)9-13(11)17-7-16(18(22)23)26-19-24-10-25-28(17)19/h2-3,6-7,10-11,13,18H,4-5,8-9H2,1H3/t11-,13-/m0/s1. The van der Waals surface area contributed by atoms with Crippen molar-refractivity contribution in [1.82, 2.24) is 24.5 Å². The molecule has 3 heterocycles. The monoisotopic (exact) mass is 393 g/mol. The summed E-state index contributed by atoms with van der Waals surface area (Å²) in [6.45, 7) is 3.89. The normalized spacial score (nSPS) is 20.9. The van der Waals surface area contributed by atoms with E-state index >= 15 is 0 Å². The summed E-state index contributed by atoms with van der Waals surface area (Å²) in [4.78, 5) is 9.95. The lowest BCUT2D eigenvalue weighted by atomic mass is 9.84. The highest BCUT2D eigenvalue weighted by Gasteiger charge is 2.31. The van der Waals surface area contributed by atoms with Crippen LogP contribution in [0.5, 0.6) is 0 Å². The Kier molecular flexibility index (Phi) is 5.01. The van der Waals surface area contributed by atoms with Gasteiger partial charge in [-0.05, 0) is 42.6 Å². The van der Waals surface area contributed by atoms with E-state index in [9.17, 15) is 17.6 Å². The van der Waals surface area contributed by atoms with Crippen LogP contribution in [0.4, 0.5) is 17.6 Å². The van der Waals surface area contributed by atoms with Crippen LogP contribution in [-0.2, 0) is 6.54 Å². The molecule has 2 aromatic heterocycles. The van der Waals surface area contributed by atoms with Crippen LogP contribution >= 0.6 is 0 Å². The van der Waals surface area contributed by atoms with Crippen molar-refractivity contribution in [2.45, 2.75) is 32.2 Å². The lowest BCUT2D eigenvalue weighted by Gasteiger charge is -2.37. The van der Waals surface area contributed by atoms with Crippen LogP contribution in [0.3, 0.4) is 0 Å². The third kappa shape index (κ3) is 3.58. The summed E-state index contributed by atoms with van der Waals surface area (Å²) in [5.74, 6) is -1.43. The number of likely N-dealkylation sites (tertiary alicyclic amines) is 1. The molecule has 5 nitrogen and oxygen atoms in total. The van der Waals surface area contributed by atoms with E-state index in [1.54, 1.807) is 6.07 Å². The topological polar surface area (TPSA) is 46.3 Å². The molecule has 3 aromatic rings. The fourth-order valence-corrected chi connectivity index (χ4v) is 3.79. The highest BCUT2D eigenvalue weighted by Crippen LogP contribution is 2.34. The molecular formula is C19H19F4N5. The highest BCUT2D eigenvalue weighted by molar-refractivity contribution is 5.33. The van der Waals surface area contributed by atoms with E-state index in [4.69, 9.17) is 0 Å². The quantitative estimate of drug-likeness (QED) is 0.630. The second-order valence-electron chi connectivity index (χ2n) is 7.23. The molecule has 148 valence electrons. The van der Waals surface area contributed by atoms with Crippen molar-refractivity contribution in [3.05, 3.63) is 59.2 Å². The van der Waals surface area contributed by atoms with Crippen molar-refractivity contribution in [3.63, 3.8) is 0 Å². The molecule has 9 heteroatoms. The highest BCUT2D eigenvalue weighted by atomic mass is 19.3. The SMILES string of the molecule is C[C@H]1CCN(Cc2ccc(F)c(F)c2)C[C@@H]1c1cc(C(F)F)nc2ncnn12. The van der Waals surface area contributed by atoms with Gasteiger partial charge in [0.25, 0.3) is 12.2 Å². The van der Waals surface area contributed by atoms with Gasteiger partial charge in [0, 0.05) is 19.0 Å². The molecule has 28 heavy (non-hydrogen) atoms. The zero-order chi connectivity index (χ0) is 19.8. The van der Waals surface area contributed by atoms with Gasteiger partial charge in [-0.2, -0.15) is 10.1 Å². The maximum atomic E-state index is 13.5. The molecule has 0 unspecified atom stereocenters. The predicted molar refractivity (Wildman–Crippen MR) is 93.9 cm³/mol. The van der Waals surface area contributed by atoms with Crippen LogP contribution in [-0.4, -0.2) is 37.6 Å². The van der Waals surface area contributed by atoms with E-state index in [0.717, 1.165) is 19.0 Å². The number of benzene rings is 1. The first-order valence-electron chi connectivity index (χ1n) is 9.07.